The van der Waals surface area contributed by atoms with Crippen LogP contribution in [-0.4, -0.2) is 30.7 Å². The van der Waals surface area contributed by atoms with Crippen LogP contribution in [0.15, 0.2) is 4.99 Å². The van der Waals surface area contributed by atoms with E-state index in [1.807, 2.05) is 20.8 Å². The summed E-state index contributed by atoms with van der Waals surface area (Å²) >= 11 is 0. The molecular formula is C11H21N3O2. The van der Waals surface area contributed by atoms with Crippen LogP contribution in [0.4, 0.5) is 4.79 Å². The Morgan fingerprint density at radius 3 is 2.56 bits per heavy atom. The molecule has 0 saturated carbocycles. The van der Waals surface area contributed by atoms with Crippen molar-refractivity contribution in [2.75, 3.05) is 13.1 Å². The van der Waals surface area contributed by atoms with Gasteiger partial charge in [0.15, 0.2) is 0 Å². The van der Waals surface area contributed by atoms with E-state index in [1.165, 1.54) is 0 Å². The fourth-order valence-corrected chi connectivity index (χ4v) is 1.21. The van der Waals surface area contributed by atoms with Crippen LogP contribution in [0, 0.1) is 5.41 Å². The quantitative estimate of drug-likeness (QED) is 0.659. The predicted octanol–water partition coefficient (Wildman–Crippen LogP) is 1.50. The largest absolute Gasteiger partial charge is 0.444 e. The fourth-order valence-electron chi connectivity index (χ4n) is 1.21. The van der Waals surface area contributed by atoms with Crippen LogP contribution in [0.5, 0.6) is 0 Å². The third-order valence-corrected chi connectivity index (χ3v) is 2.02. The Kier molecular flexibility index (Phi) is 3.45. The van der Waals surface area contributed by atoms with E-state index >= 15 is 0 Å². The molecule has 0 bridgehead atoms. The van der Waals surface area contributed by atoms with Crippen LogP contribution in [0.2, 0.25) is 0 Å². The van der Waals surface area contributed by atoms with Gasteiger partial charge < -0.3 is 10.1 Å². The molecule has 0 saturated heterocycles. The minimum atomic E-state index is -0.488. The van der Waals surface area contributed by atoms with E-state index in [0.717, 1.165) is 6.54 Å². The van der Waals surface area contributed by atoms with Crippen molar-refractivity contribution in [3.05, 3.63) is 0 Å². The second-order valence-corrected chi connectivity index (χ2v) is 5.81. The van der Waals surface area contributed by atoms with Gasteiger partial charge in [-0.05, 0) is 20.8 Å². The molecule has 5 heteroatoms. The number of hydrogen-bond acceptors (Lipinski definition) is 4. The lowest BCUT2D eigenvalue weighted by atomic mass is 9.93. The van der Waals surface area contributed by atoms with Crippen LogP contribution < -0.4 is 10.6 Å². The topological polar surface area (TPSA) is 62.7 Å². The molecule has 0 aromatic carbocycles. The Morgan fingerprint density at radius 1 is 1.50 bits per heavy atom. The van der Waals surface area contributed by atoms with Crippen LogP contribution in [0.3, 0.4) is 0 Å². The van der Waals surface area contributed by atoms with Crippen molar-refractivity contribution in [1.29, 1.82) is 0 Å². The van der Waals surface area contributed by atoms with E-state index in [4.69, 9.17) is 4.74 Å². The molecule has 0 spiro atoms. The Hall–Kier alpha value is -1.26. The number of carbonyl (C=O) groups is 1. The molecule has 0 atom stereocenters. The molecule has 92 valence electrons. The summed E-state index contributed by atoms with van der Waals surface area (Å²) in [7, 11) is 0. The number of rotatable bonds is 0. The molecule has 0 fully saturated rings. The minimum absolute atomic E-state index is 0.138. The third-order valence-electron chi connectivity index (χ3n) is 2.02. The Labute approximate surface area is 96.7 Å². The highest BCUT2D eigenvalue weighted by molar-refractivity contribution is 5.94. The average Bonchev–Trinajstić information content (AvgIpc) is 2.05. The number of guanidine groups is 1. The van der Waals surface area contributed by atoms with E-state index < -0.39 is 11.7 Å². The zero-order chi connectivity index (χ0) is 12.4. The predicted molar refractivity (Wildman–Crippen MR) is 63.5 cm³/mol. The van der Waals surface area contributed by atoms with Gasteiger partial charge in [0.05, 0.1) is 0 Å². The van der Waals surface area contributed by atoms with Gasteiger partial charge in [-0.2, -0.15) is 0 Å². The monoisotopic (exact) mass is 227 g/mol. The van der Waals surface area contributed by atoms with Gasteiger partial charge in [0.1, 0.15) is 5.60 Å². The summed E-state index contributed by atoms with van der Waals surface area (Å²) < 4.78 is 5.12. The summed E-state index contributed by atoms with van der Waals surface area (Å²) in [6.07, 6.45) is -0.474. The van der Waals surface area contributed by atoms with Gasteiger partial charge >= 0.3 is 6.09 Å². The molecule has 0 unspecified atom stereocenters. The Balaban J connectivity index is 2.45. The van der Waals surface area contributed by atoms with Gasteiger partial charge in [0, 0.05) is 18.5 Å². The van der Waals surface area contributed by atoms with Crippen molar-refractivity contribution in [3.63, 3.8) is 0 Å². The summed E-state index contributed by atoms with van der Waals surface area (Å²) in [4.78, 5) is 15.7. The molecule has 1 amide bonds. The number of nitrogens with one attached hydrogen (secondary N) is 2. The number of amides is 1. The lowest BCUT2D eigenvalue weighted by Crippen LogP contribution is -2.50. The van der Waals surface area contributed by atoms with Crippen molar-refractivity contribution in [3.8, 4) is 0 Å². The van der Waals surface area contributed by atoms with Crippen LogP contribution >= 0.6 is 0 Å². The zero-order valence-corrected chi connectivity index (χ0v) is 10.7. The molecule has 1 rings (SSSR count). The van der Waals surface area contributed by atoms with Crippen molar-refractivity contribution in [2.24, 2.45) is 10.4 Å². The summed E-state index contributed by atoms with van der Waals surface area (Å²) in [5.41, 5.74) is -0.350. The van der Waals surface area contributed by atoms with Gasteiger partial charge in [-0.3, -0.25) is 10.3 Å². The number of nitrogens with zero attached hydrogens (tertiary/aromatic N) is 1. The lowest BCUT2D eigenvalue weighted by Gasteiger charge is -2.29. The van der Waals surface area contributed by atoms with Crippen LogP contribution in [0.1, 0.15) is 34.6 Å². The second kappa shape index (κ2) is 4.31. The van der Waals surface area contributed by atoms with Gasteiger partial charge in [0.2, 0.25) is 5.96 Å². The number of aliphatic imine (C=N–C) groups is 1. The molecular weight excluding hydrogens is 206 g/mol. The first kappa shape index (κ1) is 12.8. The van der Waals surface area contributed by atoms with Crippen molar-refractivity contribution in [1.82, 2.24) is 10.6 Å². The van der Waals surface area contributed by atoms with Crippen molar-refractivity contribution in [2.45, 2.75) is 40.2 Å². The van der Waals surface area contributed by atoms with E-state index in [2.05, 4.69) is 29.5 Å². The molecule has 1 heterocycles. The standard InChI is InChI=1S/C11H21N3O2/c1-10(2,3)16-9(15)14-8-12-6-11(4,5)7-13-8/h6-7H2,1-5H3,(H2,12,13,14,15). The number of hydrogen-bond donors (Lipinski definition) is 2. The molecule has 1 aliphatic rings. The van der Waals surface area contributed by atoms with E-state index in [0.29, 0.717) is 12.5 Å². The van der Waals surface area contributed by atoms with Gasteiger partial charge in [-0.15, -0.1) is 0 Å². The first-order chi connectivity index (χ1) is 7.18. The average molecular weight is 227 g/mol. The fraction of sp³-hybridized carbons (Fsp3) is 0.818. The number of alkyl carbamates (subject to hydrolysis) is 1. The summed E-state index contributed by atoms with van der Waals surface area (Å²) in [6.45, 7) is 11.2. The number of ether oxygens (including phenoxy) is 1. The van der Waals surface area contributed by atoms with Crippen molar-refractivity contribution >= 4 is 12.1 Å². The molecule has 0 aromatic rings. The summed E-state index contributed by atoms with van der Waals surface area (Å²) in [5, 5.41) is 5.65. The van der Waals surface area contributed by atoms with Gasteiger partial charge in [0.25, 0.3) is 0 Å². The maximum Gasteiger partial charge on any atom is 0.414 e. The van der Waals surface area contributed by atoms with Gasteiger partial charge in [-0.25, -0.2) is 4.79 Å². The molecule has 2 N–H and O–H groups in total. The van der Waals surface area contributed by atoms with E-state index in [9.17, 15) is 4.79 Å². The smallest absolute Gasteiger partial charge is 0.414 e. The molecule has 5 nitrogen and oxygen atoms in total. The van der Waals surface area contributed by atoms with Crippen LogP contribution in [-0.2, 0) is 4.74 Å². The minimum Gasteiger partial charge on any atom is -0.444 e. The molecule has 16 heavy (non-hydrogen) atoms. The first-order valence-corrected chi connectivity index (χ1v) is 5.46. The normalized spacial score (nSPS) is 19.4. The molecule has 0 aliphatic carbocycles. The van der Waals surface area contributed by atoms with Crippen LogP contribution in [0.25, 0.3) is 0 Å². The molecule has 0 radical (unpaired) electrons. The number of carbonyl (C=O) groups excluding carboxylic acids is 1. The zero-order valence-electron chi connectivity index (χ0n) is 10.7. The second-order valence-electron chi connectivity index (χ2n) is 5.81. The van der Waals surface area contributed by atoms with Gasteiger partial charge in [-0.1, -0.05) is 13.8 Å². The molecule has 0 aromatic heterocycles. The summed E-state index contributed by atoms with van der Waals surface area (Å²) in [5.74, 6) is 0.494. The lowest BCUT2D eigenvalue weighted by molar-refractivity contribution is 0.0560. The highest BCUT2D eigenvalue weighted by Gasteiger charge is 2.24. The first-order valence-electron chi connectivity index (χ1n) is 5.46. The maximum absolute atomic E-state index is 11.4. The van der Waals surface area contributed by atoms with E-state index in [-0.39, 0.29) is 5.41 Å². The third kappa shape index (κ3) is 4.51. The molecule has 1 aliphatic heterocycles. The highest BCUT2D eigenvalue weighted by Crippen LogP contribution is 2.16. The summed E-state index contributed by atoms with van der Waals surface area (Å²) in [6, 6.07) is 0. The Morgan fingerprint density at radius 2 is 2.12 bits per heavy atom. The highest BCUT2D eigenvalue weighted by atomic mass is 16.6. The van der Waals surface area contributed by atoms with Crippen molar-refractivity contribution < 1.29 is 9.53 Å². The maximum atomic E-state index is 11.4. The SMILES string of the molecule is CC1(C)CN=C(NC(=O)OC(C)(C)C)NC1. The Bertz CT molecular complexity index is 303. The van der Waals surface area contributed by atoms with E-state index in [1.54, 1.807) is 0 Å².